The number of hydrogen-bond acceptors (Lipinski definition) is 3. The smallest absolute Gasteiger partial charge is 0.258 e. The molecule has 120 valence electrons. The van der Waals surface area contributed by atoms with Gasteiger partial charge >= 0.3 is 0 Å². The monoisotopic (exact) mass is 335 g/mol. The van der Waals surface area contributed by atoms with Crippen molar-refractivity contribution in [2.45, 2.75) is 13.5 Å². The van der Waals surface area contributed by atoms with Gasteiger partial charge in [0.25, 0.3) is 5.91 Å². The second-order valence-electron chi connectivity index (χ2n) is 5.10. The number of ether oxygens (including phenoxy) is 2. The van der Waals surface area contributed by atoms with Gasteiger partial charge in [-0.05, 0) is 36.8 Å². The van der Waals surface area contributed by atoms with Crippen LogP contribution in [-0.2, 0) is 6.54 Å². The topological polar surface area (TPSA) is 38.8 Å². The van der Waals surface area contributed by atoms with Crippen LogP contribution in [0, 0.1) is 5.82 Å². The second kappa shape index (κ2) is 6.46. The number of amides is 1. The Kier molecular flexibility index (Phi) is 4.39. The van der Waals surface area contributed by atoms with Crippen molar-refractivity contribution in [1.82, 2.24) is 4.90 Å². The van der Waals surface area contributed by atoms with Crippen molar-refractivity contribution in [2.75, 3.05) is 13.3 Å². The summed E-state index contributed by atoms with van der Waals surface area (Å²) >= 11 is 5.98. The fraction of sp³-hybridized carbons (Fsp3) is 0.235. The summed E-state index contributed by atoms with van der Waals surface area (Å²) in [6.07, 6.45) is 0. The predicted molar refractivity (Wildman–Crippen MR) is 84.4 cm³/mol. The van der Waals surface area contributed by atoms with Crippen molar-refractivity contribution in [1.29, 1.82) is 0 Å². The minimum atomic E-state index is -0.619. The molecule has 0 saturated carbocycles. The van der Waals surface area contributed by atoms with Gasteiger partial charge in [0.15, 0.2) is 11.5 Å². The largest absolute Gasteiger partial charge is 0.454 e. The van der Waals surface area contributed by atoms with Gasteiger partial charge < -0.3 is 14.4 Å². The van der Waals surface area contributed by atoms with Crippen LogP contribution in [0.15, 0.2) is 36.4 Å². The molecule has 0 fully saturated rings. The van der Waals surface area contributed by atoms with E-state index < -0.39 is 11.7 Å². The highest BCUT2D eigenvalue weighted by Crippen LogP contribution is 2.33. The molecule has 0 atom stereocenters. The molecule has 1 amide bonds. The molecule has 0 radical (unpaired) electrons. The molecule has 0 bridgehead atoms. The van der Waals surface area contributed by atoms with Crippen LogP contribution in [0.5, 0.6) is 11.5 Å². The van der Waals surface area contributed by atoms with Gasteiger partial charge in [-0.2, -0.15) is 0 Å². The quantitative estimate of drug-likeness (QED) is 0.851. The van der Waals surface area contributed by atoms with Crippen molar-refractivity contribution in [3.05, 3.63) is 58.4 Å². The second-order valence-corrected chi connectivity index (χ2v) is 5.51. The van der Waals surface area contributed by atoms with Crippen LogP contribution in [0.2, 0.25) is 5.02 Å². The molecule has 1 aliphatic heterocycles. The number of rotatable bonds is 4. The Hall–Kier alpha value is -2.27. The molecule has 1 aliphatic rings. The summed E-state index contributed by atoms with van der Waals surface area (Å²) in [6.45, 7) is 2.79. The molecule has 3 rings (SSSR count). The first-order valence-electron chi connectivity index (χ1n) is 7.22. The average molecular weight is 336 g/mol. The summed E-state index contributed by atoms with van der Waals surface area (Å²) in [5.74, 6) is 0.273. The molecule has 2 aromatic rings. The number of halogens is 2. The highest BCUT2D eigenvalue weighted by molar-refractivity contribution is 6.33. The lowest BCUT2D eigenvalue weighted by atomic mass is 10.1. The maximum atomic E-state index is 13.9. The highest BCUT2D eigenvalue weighted by atomic mass is 35.5. The first-order chi connectivity index (χ1) is 11.1. The van der Waals surface area contributed by atoms with Gasteiger partial charge in [-0.1, -0.05) is 23.7 Å². The highest BCUT2D eigenvalue weighted by Gasteiger charge is 2.22. The maximum Gasteiger partial charge on any atom is 0.258 e. The number of hydrogen-bond donors (Lipinski definition) is 0. The van der Waals surface area contributed by atoms with Gasteiger partial charge in [-0.25, -0.2) is 4.39 Å². The Bertz CT molecular complexity index is 730. The molecule has 6 heteroatoms. The molecule has 0 unspecified atom stereocenters. The van der Waals surface area contributed by atoms with Crippen molar-refractivity contribution in [3.63, 3.8) is 0 Å². The van der Waals surface area contributed by atoms with E-state index in [1.165, 1.54) is 23.1 Å². The number of fused-ring (bicyclic) bond motifs is 1. The Morgan fingerprint density at radius 3 is 2.78 bits per heavy atom. The minimum absolute atomic E-state index is 0.100. The zero-order chi connectivity index (χ0) is 16.4. The predicted octanol–water partition coefficient (Wildman–Crippen LogP) is 3.87. The van der Waals surface area contributed by atoms with Crippen LogP contribution in [0.25, 0.3) is 0 Å². The summed E-state index contributed by atoms with van der Waals surface area (Å²) in [4.78, 5) is 14.1. The zero-order valence-electron chi connectivity index (χ0n) is 12.5. The third kappa shape index (κ3) is 3.10. The lowest BCUT2D eigenvalue weighted by Gasteiger charge is -2.22. The molecule has 4 nitrogen and oxygen atoms in total. The van der Waals surface area contributed by atoms with Crippen LogP contribution in [0.4, 0.5) is 4.39 Å². The van der Waals surface area contributed by atoms with E-state index in [9.17, 15) is 9.18 Å². The van der Waals surface area contributed by atoms with Crippen LogP contribution in [0.3, 0.4) is 0 Å². The Morgan fingerprint density at radius 2 is 2.04 bits per heavy atom. The van der Waals surface area contributed by atoms with Crippen molar-refractivity contribution in [2.24, 2.45) is 0 Å². The molecule has 0 spiro atoms. The molecule has 23 heavy (non-hydrogen) atoms. The molecular formula is C17H15ClFNO3. The minimum Gasteiger partial charge on any atom is -0.454 e. The van der Waals surface area contributed by atoms with Gasteiger partial charge in [0.2, 0.25) is 6.79 Å². The summed E-state index contributed by atoms with van der Waals surface area (Å²) in [5.41, 5.74) is 0.772. The van der Waals surface area contributed by atoms with Crippen LogP contribution in [0.1, 0.15) is 22.8 Å². The fourth-order valence-corrected chi connectivity index (χ4v) is 2.69. The lowest BCUT2D eigenvalue weighted by Crippen LogP contribution is -2.31. The van der Waals surface area contributed by atoms with Gasteiger partial charge in [-0.3, -0.25) is 4.79 Å². The van der Waals surface area contributed by atoms with Crippen LogP contribution < -0.4 is 9.47 Å². The molecule has 2 aromatic carbocycles. The molecular weight excluding hydrogens is 321 g/mol. The normalized spacial score (nSPS) is 12.3. The lowest BCUT2D eigenvalue weighted by molar-refractivity contribution is 0.0748. The summed E-state index contributed by atoms with van der Waals surface area (Å²) < 4.78 is 24.5. The van der Waals surface area contributed by atoms with Crippen LogP contribution in [-0.4, -0.2) is 24.1 Å². The van der Waals surface area contributed by atoms with Gasteiger partial charge in [0, 0.05) is 13.1 Å². The van der Waals surface area contributed by atoms with Gasteiger partial charge in [0.05, 0.1) is 10.6 Å². The number of carbonyl (C=O) groups is 1. The SMILES string of the molecule is CCN(Cc1ccc2c(c1)OCO2)C(=O)c1c(F)cccc1Cl. The van der Waals surface area contributed by atoms with E-state index in [2.05, 4.69) is 0 Å². The maximum absolute atomic E-state index is 13.9. The van der Waals surface area contributed by atoms with Gasteiger partial charge in [-0.15, -0.1) is 0 Å². The van der Waals surface area contributed by atoms with Crippen molar-refractivity contribution in [3.8, 4) is 11.5 Å². The molecule has 1 heterocycles. The Labute approximate surface area is 138 Å². The van der Waals surface area contributed by atoms with Gasteiger partial charge in [0.1, 0.15) is 5.82 Å². The molecule has 0 aromatic heterocycles. The summed E-state index contributed by atoms with van der Waals surface area (Å²) in [5, 5.41) is 0.110. The first kappa shape index (κ1) is 15.6. The van der Waals surface area contributed by atoms with Crippen molar-refractivity contribution >= 4 is 17.5 Å². The molecule has 0 aliphatic carbocycles. The Balaban J connectivity index is 1.84. The number of benzene rings is 2. The van der Waals surface area contributed by atoms with E-state index >= 15 is 0 Å². The van der Waals surface area contributed by atoms with E-state index in [4.69, 9.17) is 21.1 Å². The van der Waals surface area contributed by atoms with E-state index in [1.54, 1.807) is 6.07 Å². The summed E-state index contributed by atoms with van der Waals surface area (Å²) in [6, 6.07) is 9.68. The van der Waals surface area contributed by atoms with Crippen LogP contribution >= 0.6 is 11.6 Å². The summed E-state index contributed by atoms with van der Waals surface area (Å²) in [7, 11) is 0. The fourth-order valence-electron chi connectivity index (χ4n) is 2.45. The van der Waals surface area contributed by atoms with Crippen molar-refractivity contribution < 1.29 is 18.7 Å². The van der Waals surface area contributed by atoms with E-state index in [0.717, 1.165) is 5.56 Å². The zero-order valence-corrected chi connectivity index (χ0v) is 13.3. The first-order valence-corrected chi connectivity index (χ1v) is 7.59. The standard InChI is InChI=1S/C17H15ClFNO3/c1-2-20(17(21)16-12(18)4-3-5-13(16)19)9-11-6-7-14-15(8-11)23-10-22-14/h3-8H,2,9-10H2,1H3. The molecule has 0 N–H and O–H groups in total. The van der Waals surface area contributed by atoms with E-state index in [-0.39, 0.29) is 17.4 Å². The van der Waals surface area contributed by atoms with E-state index in [0.29, 0.717) is 24.6 Å². The molecule has 0 saturated heterocycles. The third-order valence-electron chi connectivity index (χ3n) is 3.66. The average Bonchev–Trinajstić information content (AvgIpc) is 2.99. The Morgan fingerprint density at radius 1 is 1.26 bits per heavy atom. The third-order valence-corrected chi connectivity index (χ3v) is 3.97. The van der Waals surface area contributed by atoms with E-state index in [1.807, 2.05) is 19.1 Å². The number of nitrogens with zero attached hydrogens (tertiary/aromatic N) is 1. The number of carbonyl (C=O) groups excluding carboxylic acids is 1.